The number of aromatic amines is 2. The molecule has 0 saturated heterocycles. The number of hydrogen-bond acceptors (Lipinski definition) is 3. The van der Waals surface area contributed by atoms with Gasteiger partial charge in [0.05, 0.1) is 29.2 Å². The number of aromatic nitrogens is 4. The Morgan fingerprint density at radius 2 is 1.52 bits per heavy atom. The highest BCUT2D eigenvalue weighted by Crippen LogP contribution is 2.27. The standard InChI is InChI=1S/C24H22N4O/c1-29-18-8-6-7-16(14-18)13-17(24-27-21-11-4-5-12-22(21)28-24)15-23-25-19-9-2-3-10-20(19)26-23/h2-12,14,17H,13,15H2,1H3,(H,25,26)(H,27,28)/t17-/m1/s1. The number of methoxy groups -OCH3 is 1. The van der Waals surface area contributed by atoms with Gasteiger partial charge in [0.25, 0.3) is 0 Å². The topological polar surface area (TPSA) is 66.6 Å². The van der Waals surface area contributed by atoms with Crippen molar-refractivity contribution in [2.24, 2.45) is 0 Å². The first-order valence-corrected chi connectivity index (χ1v) is 9.80. The molecule has 2 aromatic heterocycles. The van der Waals surface area contributed by atoms with Gasteiger partial charge in [-0.1, -0.05) is 36.4 Å². The first-order chi connectivity index (χ1) is 14.3. The third kappa shape index (κ3) is 3.59. The molecule has 0 saturated carbocycles. The van der Waals surface area contributed by atoms with Gasteiger partial charge in [-0.05, 0) is 48.4 Å². The second kappa shape index (κ2) is 7.43. The van der Waals surface area contributed by atoms with Gasteiger partial charge in [0, 0.05) is 12.3 Å². The van der Waals surface area contributed by atoms with Crippen LogP contribution in [0.1, 0.15) is 23.1 Å². The van der Waals surface area contributed by atoms with Crippen LogP contribution < -0.4 is 4.74 Å². The van der Waals surface area contributed by atoms with Crippen LogP contribution in [0.15, 0.2) is 72.8 Å². The van der Waals surface area contributed by atoms with Gasteiger partial charge in [0.2, 0.25) is 0 Å². The molecule has 0 unspecified atom stereocenters. The van der Waals surface area contributed by atoms with Crippen molar-refractivity contribution in [2.75, 3.05) is 7.11 Å². The number of H-pyrrole nitrogens is 2. The average molecular weight is 382 g/mol. The van der Waals surface area contributed by atoms with Crippen LogP contribution in [0.5, 0.6) is 5.75 Å². The van der Waals surface area contributed by atoms with Crippen molar-refractivity contribution in [1.82, 2.24) is 19.9 Å². The molecule has 2 heterocycles. The van der Waals surface area contributed by atoms with Crippen LogP contribution in [0.3, 0.4) is 0 Å². The summed E-state index contributed by atoms with van der Waals surface area (Å²) in [6.07, 6.45) is 1.61. The van der Waals surface area contributed by atoms with Gasteiger partial charge in [-0.25, -0.2) is 9.97 Å². The second-order valence-corrected chi connectivity index (χ2v) is 7.30. The molecule has 5 aromatic rings. The van der Waals surface area contributed by atoms with Crippen LogP contribution in [-0.2, 0) is 12.8 Å². The highest BCUT2D eigenvalue weighted by atomic mass is 16.5. The van der Waals surface area contributed by atoms with Crippen molar-refractivity contribution in [3.8, 4) is 5.75 Å². The maximum Gasteiger partial charge on any atom is 0.119 e. The Morgan fingerprint density at radius 3 is 2.24 bits per heavy atom. The Balaban J connectivity index is 1.52. The van der Waals surface area contributed by atoms with Gasteiger partial charge in [-0.15, -0.1) is 0 Å². The number of rotatable bonds is 6. The lowest BCUT2D eigenvalue weighted by molar-refractivity contribution is 0.414. The molecule has 5 rings (SSSR count). The Hall–Kier alpha value is -3.60. The van der Waals surface area contributed by atoms with Crippen LogP contribution in [-0.4, -0.2) is 27.0 Å². The summed E-state index contributed by atoms with van der Waals surface area (Å²) in [4.78, 5) is 16.6. The van der Waals surface area contributed by atoms with Gasteiger partial charge < -0.3 is 14.7 Å². The number of nitrogens with one attached hydrogen (secondary N) is 2. The zero-order chi connectivity index (χ0) is 19.6. The number of imidazole rings is 2. The third-order valence-electron chi connectivity index (χ3n) is 5.29. The van der Waals surface area contributed by atoms with E-state index in [4.69, 9.17) is 14.7 Å². The fraction of sp³-hybridized carbons (Fsp3) is 0.167. The minimum absolute atomic E-state index is 0.162. The molecule has 0 fully saturated rings. The first-order valence-electron chi connectivity index (χ1n) is 9.80. The quantitative estimate of drug-likeness (QED) is 0.433. The average Bonchev–Trinajstić information content (AvgIpc) is 3.37. The lowest BCUT2D eigenvalue weighted by Gasteiger charge is -2.14. The summed E-state index contributed by atoms with van der Waals surface area (Å²) in [5.74, 6) is 2.98. The second-order valence-electron chi connectivity index (χ2n) is 7.30. The number of ether oxygens (including phenoxy) is 1. The number of benzene rings is 3. The molecule has 29 heavy (non-hydrogen) atoms. The van der Waals surface area contributed by atoms with E-state index in [1.165, 1.54) is 5.56 Å². The highest BCUT2D eigenvalue weighted by Gasteiger charge is 2.19. The van der Waals surface area contributed by atoms with Crippen molar-refractivity contribution in [3.63, 3.8) is 0 Å². The molecule has 0 amide bonds. The van der Waals surface area contributed by atoms with Gasteiger partial charge >= 0.3 is 0 Å². The van der Waals surface area contributed by atoms with E-state index in [1.54, 1.807) is 7.11 Å². The zero-order valence-corrected chi connectivity index (χ0v) is 16.2. The van der Waals surface area contributed by atoms with Crippen molar-refractivity contribution >= 4 is 22.1 Å². The van der Waals surface area contributed by atoms with Crippen molar-refractivity contribution in [1.29, 1.82) is 0 Å². The van der Waals surface area contributed by atoms with E-state index in [2.05, 4.69) is 34.2 Å². The molecule has 1 atom stereocenters. The van der Waals surface area contributed by atoms with Crippen molar-refractivity contribution < 1.29 is 4.74 Å². The largest absolute Gasteiger partial charge is 0.497 e. The number of para-hydroxylation sites is 4. The number of hydrogen-bond donors (Lipinski definition) is 2. The predicted octanol–water partition coefficient (Wildman–Crippen LogP) is 5.02. The van der Waals surface area contributed by atoms with E-state index in [1.807, 2.05) is 48.5 Å². The summed E-state index contributed by atoms with van der Waals surface area (Å²) < 4.78 is 5.41. The Kier molecular flexibility index (Phi) is 4.48. The summed E-state index contributed by atoms with van der Waals surface area (Å²) in [5, 5.41) is 0. The van der Waals surface area contributed by atoms with Crippen LogP contribution in [0.2, 0.25) is 0 Å². The van der Waals surface area contributed by atoms with Crippen molar-refractivity contribution in [2.45, 2.75) is 18.8 Å². The molecule has 2 N–H and O–H groups in total. The summed E-state index contributed by atoms with van der Waals surface area (Å²) in [6, 6.07) is 24.5. The molecule has 5 heteroatoms. The fourth-order valence-electron chi connectivity index (χ4n) is 3.85. The lowest BCUT2D eigenvalue weighted by Crippen LogP contribution is -2.10. The lowest BCUT2D eigenvalue weighted by atomic mass is 9.95. The molecular formula is C24H22N4O. The minimum Gasteiger partial charge on any atom is -0.497 e. The molecule has 0 bridgehead atoms. The minimum atomic E-state index is 0.162. The van der Waals surface area contributed by atoms with E-state index in [9.17, 15) is 0 Å². The fourth-order valence-corrected chi connectivity index (χ4v) is 3.85. The molecule has 0 radical (unpaired) electrons. The SMILES string of the molecule is COc1cccc(C[C@H](Cc2nc3ccccc3[nH]2)c2nc3ccccc3[nH]2)c1. The molecule has 5 nitrogen and oxygen atoms in total. The molecule has 0 aliphatic heterocycles. The van der Waals surface area contributed by atoms with E-state index >= 15 is 0 Å². The monoisotopic (exact) mass is 382 g/mol. The van der Waals surface area contributed by atoms with Crippen LogP contribution in [0, 0.1) is 0 Å². The van der Waals surface area contributed by atoms with Gasteiger partial charge in [0.15, 0.2) is 0 Å². The van der Waals surface area contributed by atoms with E-state index in [0.717, 1.165) is 52.3 Å². The molecule has 0 spiro atoms. The Labute approximate surface area is 168 Å². The zero-order valence-electron chi connectivity index (χ0n) is 16.2. The summed E-state index contributed by atoms with van der Waals surface area (Å²) in [7, 11) is 1.70. The molecule has 0 aliphatic carbocycles. The van der Waals surface area contributed by atoms with E-state index in [-0.39, 0.29) is 5.92 Å². The maximum absolute atomic E-state index is 5.41. The Morgan fingerprint density at radius 1 is 0.793 bits per heavy atom. The van der Waals surface area contributed by atoms with Crippen LogP contribution >= 0.6 is 0 Å². The van der Waals surface area contributed by atoms with E-state index in [0.29, 0.717) is 0 Å². The molecular weight excluding hydrogens is 360 g/mol. The number of nitrogens with zero attached hydrogens (tertiary/aromatic N) is 2. The van der Waals surface area contributed by atoms with Crippen molar-refractivity contribution in [3.05, 3.63) is 90.0 Å². The molecule has 3 aromatic carbocycles. The maximum atomic E-state index is 5.41. The first kappa shape index (κ1) is 17.5. The normalized spacial score (nSPS) is 12.4. The third-order valence-corrected chi connectivity index (χ3v) is 5.29. The summed E-state index contributed by atoms with van der Waals surface area (Å²) in [5.41, 5.74) is 5.32. The van der Waals surface area contributed by atoms with Crippen LogP contribution in [0.25, 0.3) is 22.1 Å². The number of fused-ring (bicyclic) bond motifs is 2. The highest BCUT2D eigenvalue weighted by molar-refractivity contribution is 5.75. The molecule has 0 aliphatic rings. The van der Waals surface area contributed by atoms with Crippen LogP contribution in [0.4, 0.5) is 0 Å². The summed E-state index contributed by atoms with van der Waals surface area (Å²) in [6.45, 7) is 0. The predicted molar refractivity (Wildman–Crippen MR) is 115 cm³/mol. The van der Waals surface area contributed by atoms with Gasteiger partial charge in [-0.3, -0.25) is 0 Å². The van der Waals surface area contributed by atoms with Gasteiger partial charge in [0.1, 0.15) is 17.4 Å². The molecule has 144 valence electrons. The summed E-state index contributed by atoms with van der Waals surface area (Å²) >= 11 is 0. The van der Waals surface area contributed by atoms with Gasteiger partial charge in [-0.2, -0.15) is 0 Å². The van der Waals surface area contributed by atoms with E-state index < -0.39 is 0 Å². The smallest absolute Gasteiger partial charge is 0.119 e. The Bertz CT molecular complexity index is 1200.